The van der Waals surface area contributed by atoms with E-state index in [9.17, 15) is 4.79 Å². The Morgan fingerprint density at radius 1 is 1.15 bits per heavy atom. The van der Waals surface area contributed by atoms with E-state index in [4.69, 9.17) is 0 Å². The number of hydrogen-bond donors (Lipinski definition) is 1. The van der Waals surface area contributed by atoms with Crippen LogP contribution in [0.5, 0.6) is 0 Å². The molecule has 0 aliphatic rings. The zero-order valence-corrected chi connectivity index (χ0v) is 12.7. The first-order valence-corrected chi connectivity index (χ1v) is 7.97. The van der Waals surface area contributed by atoms with E-state index in [1.165, 1.54) is 16.0 Å². The average Bonchev–Trinajstić information content (AvgIpc) is 2.96. The van der Waals surface area contributed by atoms with E-state index >= 15 is 0 Å². The zero-order chi connectivity index (χ0) is 14.2. The van der Waals surface area contributed by atoms with Gasteiger partial charge in [-0.25, -0.2) is 0 Å². The Bertz CT molecular complexity index is 534. The van der Waals surface area contributed by atoms with E-state index in [-0.39, 0.29) is 5.91 Å². The van der Waals surface area contributed by atoms with Crippen LogP contribution in [-0.4, -0.2) is 5.91 Å². The molecule has 0 bridgehead atoms. The summed E-state index contributed by atoms with van der Waals surface area (Å²) in [5, 5.41) is 5.10. The number of hydrogen-bond acceptors (Lipinski definition) is 2. The molecule has 0 atom stereocenters. The van der Waals surface area contributed by atoms with Crippen molar-refractivity contribution in [3.8, 4) is 0 Å². The summed E-state index contributed by atoms with van der Waals surface area (Å²) in [6, 6.07) is 12.4. The Labute approximate surface area is 124 Å². The maximum atomic E-state index is 11.8. The fourth-order valence-electron chi connectivity index (χ4n) is 2.13. The number of unbranched alkanes of at least 4 members (excludes halogenated alkanes) is 1. The number of benzene rings is 1. The molecular formula is C17H21NOS. The predicted molar refractivity (Wildman–Crippen MR) is 84.9 cm³/mol. The van der Waals surface area contributed by atoms with Crippen LogP contribution < -0.4 is 5.32 Å². The van der Waals surface area contributed by atoms with Crippen LogP contribution in [-0.2, 0) is 17.8 Å². The van der Waals surface area contributed by atoms with Crippen molar-refractivity contribution in [1.82, 2.24) is 5.32 Å². The van der Waals surface area contributed by atoms with Gasteiger partial charge in [0.1, 0.15) is 0 Å². The highest BCUT2D eigenvalue weighted by atomic mass is 32.1. The molecule has 0 fully saturated rings. The van der Waals surface area contributed by atoms with E-state index in [1.807, 2.05) is 12.1 Å². The van der Waals surface area contributed by atoms with Crippen LogP contribution in [0, 0.1) is 6.92 Å². The third-order valence-electron chi connectivity index (χ3n) is 3.39. The third kappa shape index (κ3) is 4.82. The molecule has 0 saturated heterocycles. The first-order chi connectivity index (χ1) is 9.75. The summed E-state index contributed by atoms with van der Waals surface area (Å²) in [5.41, 5.74) is 2.42. The molecule has 0 aliphatic heterocycles. The summed E-state index contributed by atoms with van der Waals surface area (Å²) in [7, 11) is 0. The summed E-state index contributed by atoms with van der Waals surface area (Å²) in [6.07, 6.45) is 3.75. The van der Waals surface area contributed by atoms with Crippen molar-refractivity contribution in [2.75, 3.05) is 0 Å². The van der Waals surface area contributed by atoms with Crippen molar-refractivity contribution in [2.45, 2.75) is 39.2 Å². The number of carbonyl (C=O) groups excluding carboxylic acids is 1. The monoisotopic (exact) mass is 287 g/mol. The molecular weight excluding hydrogens is 266 g/mol. The largest absolute Gasteiger partial charge is 0.352 e. The molecule has 0 radical (unpaired) electrons. The molecule has 1 amide bonds. The van der Waals surface area contributed by atoms with E-state index in [0.29, 0.717) is 13.0 Å². The zero-order valence-electron chi connectivity index (χ0n) is 11.9. The first-order valence-electron chi connectivity index (χ1n) is 7.09. The van der Waals surface area contributed by atoms with E-state index < -0.39 is 0 Å². The molecule has 1 aromatic carbocycles. The molecule has 0 unspecified atom stereocenters. The Balaban J connectivity index is 1.62. The molecule has 0 saturated carbocycles. The van der Waals surface area contributed by atoms with Gasteiger partial charge < -0.3 is 5.32 Å². The van der Waals surface area contributed by atoms with Crippen molar-refractivity contribution in [2.24, 2.45) is 0 Å². The fraction of sp³-hybridized carbons (Fsp3) is 0.353. The van der Waals surface area contributed by atoms with Gasteiger partial charge in [0.25, 0.3) is 0 Å². The van der Waals surface area contributed by atoms with Crippen LogP contribution in [0.15, 0.2) is 41.8 Å². The van der Waals surface area contributed by atoms with Crippen molar-refractivity contribution in [3.63, 3.8) is 0 Å². The lowest BCUT2D eigenvalue weighted by Crippen LogP contribution is -2.22. The topological polar surface area (TPSA) is 29.1 Å². The lowest BCUT2D eigenvalue weighted by Gasteiger charge is -2.07. The molecule has 0 aliphatic carbocycles. The lowest BCUT2D eigenvalue weighted by molar-refractivity contribution is -0.121. The van der Waals surface area contributed by atoms with E-state index in [2.05, 4.69) is 41.9 Å². The standard InChI is InChI=1S/C17H21NOS/c1-14-7-2-3-8-15(14)13-18-17(19)11-5-4-9-16-10-6-12-20-16/h2-3,6-8,10,12H,4-5,9,11,13H2,1H3,(H,18,19). The highest BCUT2D eigenvalue weighted by Crippen LogP contribution is 2.12. The van der Waals surface area contributed by atoms with Crippen LogP contribution in [0.3, 0.4) is 0 Å². The van der Waals surface area contributed by atoms with Gasteiger partial charge in [0, 0.05) is 17.8 Å². The van der Waals surface area contributed by atoms with Gasteiger partial charge in [-0.1, -0.05) is 30.3 Å². The van der Waals surface area contributed by atoms with Crippen LogP contribution in [0.25, 0.3) is 0 Å². The maximum absolute atomic E-state index is 11.8. The van der Waals surface area contributed by atoms with E-state index in [0.717, 1.165) is 19.3 Å². The quantitative estimate of drug-likeness (QED) is 0.764. The second-order valence-corrected chi connectivity index (χ2v) is 6.02. The number of aryl methyl sites for hydroxylation is 2. The Kier molecular flexibility index (Phi) is 5.81. The van der Waals surface area contributed by atoms with Gasteiger partial charge in [-0.2, -0.15) is 0 Å². The maximum Gasteiger partial charge on any atom is 0.220 e. The van der Waals surface area contributed by atoms with Gasteiger partial charge in [-0.05, 0) is 48.8 Å². The Morgan fingerprint density at radius 2 is 2.00 bits per heavy atom. The number of nitrogens with one attached hydrogen (secondary N) is 1. The van der Waals surface area contributed by atoms with Gasteiger partial charge >= 0.3 is 0 Å². The van der Waals surface area contributed by atoms with Gasteiger partial charge in [0.2, 0.25) is 5.91 Å². The highest BCUT2D eigenvalue weighted by molar-refractivity contribution is 7.09. The Morgan fingerprint density at radius 3 is 2.75 bits per heavy atom. The third-order valence-corrected chi connectivity index (χ3v) is 4.33. The number of rotatable bonds is 7. The predicted octanol–water partition coefficient (Wildman–Crippen LogP) is 4.09. The van der Waals surface area contributed by atoms with Crippen LogP contribution in [0.2, 0.25) is 0 Å². The summed E-state index contributed by atoms with van der Waals surface area (Å²) in [4.78, 5) is 13.2. The molecule has 2 rings (SSSR count). The second kappa shape index (κ2) is 7.85. The number of thiophene rings is 1. The SMILES string of the molecule is Cc1ccccc1CNC(=O)CCCCc1cccs1. The normalized spacial score (nSPS) is 10.4. The molecule has 1 aromatic heterocycles. The minimum absolute atomic E-state index is 0.152. The molecule has 20 heavy (non-hydrogen) atoms. The fourth-order valence-corrected chi connectivity index (χ4v) is 2.88. The smallest absolute Gasteiger partial charge is 0.220 e. The molecule has 106 valence electrons. The molecule has 1 heterocycles. The summed E-state index contributed by atoms with van der Waals surface area (Å²) < 4.78 is 0. The van der Waals surface area contributed by atoms with Gasteiger partial charge in [0.05, 0.1) is 0 Å². The number of amides is 1. The van der Waals surface area contributed by atoms with Gasteiger partial charge in [-0.3, -0.25) is 4.79 Å². The summed E-state index contributed by atoms with van der Waals surface area (Å²) in [6.45, 7) is 2.71. The minimum atomic E-state index is 0.152. The average molecular weight is 287 g/mol. The van der Waals surface area contributed by atoms with Crippen LogP contribution in [0.1, 0.15) is 35.3 Å². The molecule has 1 N–H and O–H groups in total. The number of carbonyl (C=O) groups is 1. The highest BCUT2D eigenvalue weighted by Gasteiger charge is 2.03. The second-order valence-electron chi connectivity index (χ2n) is 4.99. The van der Waals surface area contributed by atoms with Crippen molar-refractivity contribution in [3.05, 3.63) is 57.8 Å². The summed E-state index contributed by atoms with van der Waals surface area (Å²) in [5.74, 6) is 0.152. The minimum Gasteiger partial charge on any atom is -0.352 e. The van der Waals surface area contributed by atoms with Gasteiger partial charge in [0.15, 0.2) is 0 Å². The molecule has 3 heteroatoms. The Hall–Kier alpha value is -1.61. The summed E-state index contributed by atoms with van der Waals surface area (Å²) >= 11 is 1.79. The van der Waals surface area contributed by atoms with Crippen molar-refractivity contribution in [1.29, 1.82) is 0 Å². The first kappa shape index (κ1) is 14.8. The molecule has 2 nitrogen and oxygen atoms in total. The van der Waals surface area contributed by atoms with Gasteiger partial charge in [-0.15, -0.1) is 11.3 Å². The van der Waals surface area contributed by atoms with Crippen LogP contribution in [0.4, 0.5) is 0 Å². The lowest BCUT2D eigenvalue weighted by atomic mass is 10.1. The van der Waals surface area contributed by atoms with Crippen molar-refractivity contribution < 1.29 is 4.79 Å². The van der Waals surface area contributed by atoms with E-state index in [1.54, 1.807) is 11.3 Å². The molecule has 0 spiro atoms. The molecule has 2 aromatic rings. The van der Waals surface area contributed by atoms with Crippen molar-refractivity contribution >= 4 is 17.2 Å². The van der Waals surface area contributed by atoms with Crippen LogP contribution >= 0.6 is 11.3 Å².